The van der Waals surface area contributed by atoms with Crippen LogP contribution in [0.15, 0.2) is 0 Å². The number of hydrogen-bond donors (Lipinski definition) is 1. The minimum absolute atomic E-state index is 0.513. The molecule has 2 aliphatic heterocycles. The van der Waals surface area contributed by atoms with Crippen molar-refractivity contribution in [1.29, 1.82) is 0 Å². The maximum atomic E-state index is 5.86. The van der Waals surface area contributed by atoms with Gasteiger partial charge in [-0.1, -0.05) is 13.3 Å². The lowest BCUT2D eigenvalue weighted by molar-refractivity contribution is -0.0325. The lowest BCUT2D eigenvalue weighted by atomic mass is 9.97. The number of piperidine rings is 1. The molecule has 0 aromatic carbocycles. The van der Waals surface area contributed by atoms with Crippen molar-refractivity contribution < 1.29 is 4.74 Å². The molecule has 1 saturated carbocycles. The van der Waals surface area contributed by atoms with Crippen molar-refractivity contribution in [3.63, 3.8) is 0 Å². The average molecular weight is 266 g/mol. The van der Waals surface area contributed by atoms with Gasteiger partial charge in [0.25, 0.3) is 0 Å². The highest BCUT2D eigenvalue weighted by atomic mass is 16.5. The molecule has 3 rings (SSSR count). The summed E-state index contributed by atoms with van der Waals surface area (Å²) in [4.78, 5) is 2.84. The first-order valence-corrected chi connectivity index (χ1v) is 8.47. The van der Waals surface area contributed by atoms with Crippen molar-refractivity contribution in [3.8, 4) is 0 Å². The topological polar surface area (TPSA) is 24.5 Å². The summed E-state index contributed by atoms with van der Waals surface area (Å²) in [5, 5.41) is 3.72. The largest absolute Gasteiger partial charge is 0.378 e. The fraction of sp³-hybridized carbons (Fsp3) is 1.00. The molecular weight excluding hydrogens is 236 g/mol. The van der Waals surface area contributed by atoms with Crippen LogP contribution in [0.3, 0.4) is 0 Å². The van der Waals surface area contributed by atoms with Crippen molar-refractivity contribution in [2.45, 2.75) is 82.5 Å². The lowest BCUT2D eigenvalue weighted by Gasteiger charge is -2.40. The monoisotopic (exact) mass is 266 g/mol. The Morgan fingerprint density at radius 3 is 2.68 bits per heavy atom. The van der Waals surface area contributed by atoms with Gasteiger partial charge < -0.3 is 10.1 Å². The predicted octanol–water partition coefficient (Wildman–Crippen LogP) is 2.55. The average Bonchev–Trinajstić information content (AvgIpc) is 3.30. The van der Waals surface area contributed by atoms with Crippen LogP contribution in [0.25, 0.3) is 0 Å². The smallest absolute Gasteiger partial charge is 0.0587 e. The second-order valence-electron chi connectivity index (χ2n) is 6.65. The van der Waals surface area contributed by atoms with Gasteiger partial charge in [0.2, 0.25) is 0 Å². The van der Waals surface area contributed by atoms with Gasteiger partial charge in [0, 0.05) is 31.3 Å². The van der Waals surface area contributed by atoms with E-state index in [1.165, 1.54) is 64.5 Å². The van der Waals surface area contributed by atoms with E-state index in [2.05, 4.69) is 17.1 Å². The zero-order valence-corrected chi connectivity index (χ0v) is 12.4. The third-order valence-corrected chi connectivity index (χ3v) is 5.12. The SMILES string of the molecule is CCC1CC(N(CC2CCCCN2)C2CC2)CCO1. The van der Waals surface area contributed by atoms with E-state index in [-0.39, 0.29) is 0 Å². The number of rotatable bonds is 5. The number of nitrogens with one attached hydrogen (secondary N) is 1. The van der Waals surface area contributed by atoms with Gasteiger partial charge >= 0.3 is 0 Å². The van der Waals surface area contributed by atoms with Crippen molar-refractivity contribution >= 4 is 0 Å². The van der Waals surface area contributed by atoms with Crippen molar-refractivity contribution in [2.75, 3.05) is 19.7 Å². The molecule has 2 heterocycles. The molecule has 0 bridgehead atoms. The molecule has 3 unspecified atom stereocenters. The van der Waals surface area contributed by atoms with Crippen molar-refractivity contribution in [3.05, 3.63) is 0 Å². The van der Waals surface area contributed by atoms with Gasteiger partial charge in [0.1, 0.15) is 0 Å². The van der Waals surface area contributed by atoms with Crippen LogP contribution in [-0.2, 0) is 4.74 Å². The summed E-state index contributed by atoms with van der Waals surface area (Å²) in [6.07, 6.45) is 11.2. The Morgan fingerprint density at radius 1 is 1.11 bits per heavy atom. The Morgan fingerprint density at radius 2 is 2.00 bits per heavy atom. The van der Waals surface area contributed by atoms with E-state index in [0.717, 1.165) is 24.7 Å². The summed E-state index contributed by atoms with van der Waals surface area (Å²) < 4.78 is 5.86. The Balaban J connectivity index is 1.56. The Hall–Kier alpha value is -0.120. The van der Waals surface area contributed by atoms with Crippen LogP contribution in [0.1, 0.15) is 58.3 Å². The van der Waals surface area contributed by atoms with Gasteiger partial charge in [-0.25, -0.2) is 0 Å². The molecule has 0 aromatic rings. The fourth-order valence-corrected chi connectivity index (χ4v) is 3.78. The molecule has 3 nitrogen and oxygen atoms in total. The normalized spacial score (nSPS) is 36.6. The molecule has 3 atom stereocenters. The Kier molecular flexibility index (Phi) is 4.78. The summed E-state index contributed by atoms with van der Waals surface area (Å²) in [7, 11) is 0. The number of ether oxygens (including phenoxy) is 1. The zero-order valence-electron chi connectivity index (χ0n) is 12.4. The standard InChI is InChI=1S/C16H30N2O/c1-2-16-11-15(8-10-19-16)18(14-6-7-14)12-13-5-3-4-9-17-13/h13-17H,2-12H2,1H3. The van der Waals surface area contributed by atoms with Crippen LogP contribution in [-0.4, -0.2) is 48.8 Å². The highest BCUT2D eigenvalue weighted by Gasteiger charge is 2.37. The first-order valence-electron chi connectivity index (χ1n) is 8.47. The van der Waals surface area contributed by atoms with Gasteiger partial charge in [-0.2, -0.15) is 0 Å². The number of nitrogens with zero attached hydrogens (tertiary/aromatic N) is 1. The molecule has 3 heteroatoms. The van der Waals surface area contributed by atoms with E-state index in [1.54, 1.807) is 0 Å². The molecule has 0 spiro atoms. The molecule has 2 saturated heterocycles. The van der Waals surface area contributed by atoms with Crippen LogP contribution in [0.5, 0.6) is 0 Å². The quantitative estimate of drug-likeness (QED) is 0.827. The maximum Gasteiger partial charge on any atom is 0.0587 e. The Bertz CT molecular complexity index is 274. The van der Waals surface area contributed by atoms with Crippen LogP contribution in [0.2, 0.25) is 0 Å². The summed E-state index contributed by atoms with van der Waals surface area (Å²) >= 11 is 0. The van der Waals surface area contributed by atoms with Gasteiger partial charge in [-0.15, -0.1) is 0 Å². The van der Waals surface area contributed by atoms with Gasteiger partial charge in [-0.3, -0.25) is 4.90 Å². The maximum absolute atomic E-state index is 5.86. The second-order valence-corrected chi connectivity index (χ2v) is 6.65. The minimum Gasteiger partial charge on any atom is -0.378 e. The molecule has 3 aliphatic rings. The first kappa shape index (κ1) is 13.8. The van der Waals surface area contributed by atoms with Crippen LogP contribution in [0.4, 0.5) is 0 Å². The zero-order chi connectivity index (χ0) is 13.1. The first-order chi connectivity index (χ1) is 9.36. The highest BCUT2D eigenvalue weighted by molar-refractivity contribution is 4.93. The van der Waals surface area contributed by atoms with Gasteiger partial charge in [-0.05, 0) is 51.5 Å². The predicted molar refractivity (Wildman–Crippen MR) is 78.4 cm³/mol. The molecular formula is C16H30N2O. The summed E-state index contributed by atoms with van der Waals surface area (Å²) in [6, 6.07) is 2.43. The molecule has 19 heavy (non-hydrogen) atoms. The highest BCUT2D eigenvalue weighted by Crippen LogP contribution is 2.33. The fourth-order valence-electron chi connectivity index (χ4n) is 3.78. The minimum atomic E-state index is 0.513. The second kappa shape index (κ2) is 6.55. The molecule has 0 radical (unpaired) electrons. The van der Waals surface area contributed by atoms with Crippen LogP contribution in [0, 0.1) is 0 Å². The molecule has 0 amide bonds. The molecule has 110 valence electrons. The van der Waals surface area contributed by atoms with Crippen molar-refractivity contribution in [2.24, 2.45) is 0 Å². The van der Waals surface area contributed by atoms with Gasteiger partial charge in [0.05, 0.1) is 6.10 Å². The summed E-state index contributed by atoms with van der Waals surface area (Å²) in [6.45, 7) is 5.75. The van der Waals surface area contributed by atoms with E-state index >= 15 is 0 Å². The third kappa shape index (κ3) is 3.71. The van der Waals surface area contributed by atoms with Crippen molar-refractivity contribution in [1.82, 2.24) is 10.2 Å². The molecule has 3 fully saturated rings. The Labute approximate surface area is 118 Å². The molecule has 1 aliphatic carbocycles. The van der Waals surface area contributed by atoms with E-state index in [1.807, 2.05) is 0 Å². The summed E-state index contributed by atoms with van der Waals surface area (Å²) in [5.74, 6) is 0. The lowest BCUT2D eigenvalue weighted by Crippen LogP contribution is -2.50. The van der Waals surface area contributed by atoms with E-state index in [4.69, 9.17) is 4.74 Å². The molecule has 1 N–H and O–H groups in total. The third-order valence-electron chi connectivity index (χ3n) is 5.12. The van der Waals surface area contributed by atoms with Crippen LogP contribution < -0.4 is 5.32 Å². The van der Waals surface area contributed by atoms with Gasteiger partial charge in [0.15, 0.2) is 0 Å². The van der Waals surface area contributed by atoms with E-state index in [0.29, 0.717) is 6.10 Å². The van der Waals surface area contributed by atoms with E-state index < -0.39 is 0 Å². The number of hydrogen-bond acceptors (Lipinski definition) is 3. The summed E-state index contributed by atoms with van der Waals surface area (Å²) in [5.41, 5.74) is 0. The van der Waals surface area contributed by atoms with E-state index in [9.17, 15) is 0 Å². The molecule has 0 aromatic heterocycles. The van der Waals surface area contributed by atoms with Crippen LogP contribution >= 0.6 is 0 Å².